The molecule has 21 heavy (non-hydrogen) atoms. The molecule has 3 rings (SSSR count). The largest absolute Gasteiger partial charge is 0.370 e. The monoisotopic (exact) mass is 283 g/mol. The predicted molar refractivity (Wildman–Crippen MR) is 87.9 cm³/mol. The Morgan fingerprint density at radius 3 is 2.76 bits per heavy atom. The van der Waals surface area contributed by atoms with Crippen molar-refractivity contribution in [3.8, 4) is 0 Å². The maximum Gasteiger partial charge on any atom is 0.191 e. The van der Waals surface area contributed by atoms with Crippen molar-refractivity contribution in [1.29, 1.82) is 0 Å². The van der Waals surface area contributed by atoms with E-state index in [1.54, 1.807) is 0 Å². The SMILES string of the molecule is CC1=CC(C)CC(C2CN=C(N)N2Cc2ccccc2)C1. The van der Waals surface area contributed by atoms with Crippen LogP contribution in [0, 0.1) is 11.8 Å². The quantitative estimate of drug-likeness (QED) is 0.866. The summed E-state index contributed by atoms with van der Waals surface area (Å²) in [5.41, 5.74) is 8.98. The number of hydrogen-bond donors (Lipinski definition) is 1. The van der Waals surface area contributed by atoms with E-state index in [2.05, 4.69) is 60.1 Å². The minimum absolute atomic E-state index is 0.455. The summed E-state index contributed by atoms with van der Waals surface area (Å²) in [6, 6.07) is 11.0. The Labute approximate surface area is 127 Å². The number of guanidine groups is 1. The molecule has 2 aliphatic rings. The Hall–Kier alpha value is -1.77. The Morgan fingerprint density at radius 1 is 1.29 bits per heavy atom. The Morgan fingerprint density at radius 2 is 2.05 bits per heavy atom. The van der Waals surface area contributed by atoms with E-state index >= 15 is 0 Å². The molecule has 1 aromatic rings. The molecular formula is C18H25N3. The van der Waals surface area contributed by atoms with Crippen LogP contribution in [0.3, 0.4) is 0 Å². The highest BCUT2D eigenvalue weighted by molar-refractivity contribution is 5.80. The van der Waals surface area contributed by atoms with Gasteiger partial charge in [-0.1, -0.05) is 48.9 Å². The van der Waals surface area contributed by atoms with Gasteiger partial charge in [0.1, 0.15) is 0 Å². The van der Waals surface area contributed by atoms with Crippen molar-refractivity contribution >= 4 is 5.96 Å². The highest BCUT2D eigenvalue weighted by atomic mass is 15.3. The summed E-state index contributed by atoms with van der Waals surface area (Å²) in [7, 11) is 0. The van der Waals surface area contributed by atoms with E-state index in [1.807, 2.05) is 0 Å². The molecule has 2 N–H and O–H groups in total. The molecule has 0 aromatic heterocycles. The number of benzene rings is 1. The van der Waals surface area contributed by atoms with Crippen molar-refractivity contribution in [1.82, 2.24) is 4.90 Å². The van der Waals surface area contributed by atoms with Crippen LogP contribution in [-0.2, 0) is 6.54 Å². The molecule has 0 amide bonds. The summed E-state index contributed by atoms with van der Waals surface area (Å²) in [5.74, 6) is 2.05. The first-order valence-electron chi connectivity index (χ1n) is 7.91. The number of nitrogens with zero attached hydrogens (tertiary/aromatic N) is 2. The topological polar surface area (TPSA) is 41.6 Å². The number of allylic oxidation sites excluding steroid dienone is 2. The summed E-state index contributed by atoms with van der Waals surface area (Å²) in [4.78, 5) is 6.83. The third-order valence-electron chi connectivity index (χ3n) is 4.70. The van der Waals surface area contributed by atoms with Crippen molar-refractivity contribution < 1.29 is 0 Å². The maximum absolute atomic E-state index is 6.15. The van der Waals surface area contributed by atoms with Crippen LogP contribution in [0.5, 0.6) is 0 Å². The molecule has 1 heterocycles. The zero-order valence-electron chi connectivity index (χ0n) is 13.0. The lowest BCUT2D eigenvalue weighted by Crippen LogP contribution is -2.45. The molecule has 0 spiro atoms. The van der Waals surface area contributed by atoms with Gasteiger partial charge < -0.3 is 10.6 Å². The second kappa shape index (κ2) is 5.92. The van der Waals surface area contributed by atoms with Crippen molar-refractivity contribution in [3.05, 3.63) is 47.5 Å². The molecule has 3 nitrogen and oxygen atoms in total. The highest BCUT2D eigenvalue weighted by Crippen LogP contribution is 2.34. The molecule has 3 unspecified atom stereocenters. The molecule has 0 saturated heterocycles. The standard InChI is InChI=1S/C18H25N3/c1-13-8-14(2)10-16(9-13)17-11-20-18(19)21(17)12-15-6-4-3-5-7-15/h3-8,13,16-17H,9-12H2,1-2H3,(H2,19,20). The summed E-state index contributed by atoms with van der Waals surface area (Å²) < 4.78 is 0. The van der Waals surface area contributed by atoms with Crippen LogP contribution in [0.25, 0.3) is 0 Å². The molecule has 0 fully saturated rings. The van der Waals surface area contributed by atoms with E-state index in [-0.39, 0.29) is 0 Å². The average molecular weight is 283 g/mol. The molecule has 3 atom stereocenters. The van der Waals surface area contributed by atoms with Gasteiger partial charge in [0, 0.05) is 6.54 Å². The highest BCUT2D eigenvalue weighted by Gasteiger charge is 2.34. The minimum Gasteiger partial charge on any atom is -0.370 e. The van der Waals surface area contributed by atoms with Crippen LogP contribution in [0.4, 0.5) is 0 Å². The van der Waals surface area contributed by atoms with Crippen molar-refractivity contribution in [3.63, 3.8) is 0 Å². The van der Waals surface area contributed by atoms with Gasteiger partial charge >= 0.3 is 0 Å². The summed E-state index contributed by atoms with van der Waals surface area (Å²) in [6.45, 7) is 6.29. The Balaban J connectivity index is 1.75. The average Bonchev–Trinajstić information content (AvgIpc) is 2.80. The van der Waals surface area contributed by atoms with E-state index in [1.165, 1.54) is 24.0 Å². The van der Waals surface area contributed by atoms with E-state index < -0.39 is 0 Å². The maximum atomic E-state index is 6.15. The summed E-state index contributed by atoms with van der Waals surface area (Å²) in [5, 5.41) is 0. The second-order valence-electron chi connectivity index (χ2n) is 6.57. The first kappa shape index (κ1) is 14.2. The molecule has 1 aromatic carbocycles. The lowest BCUT2D eigenvalue weighted by atomic mass is 9.79. The Kier molecular flexibility index (Phi) is 4.00. The predicted octanol–water partition coefficient (Wildman–Crippen LogP) is 3.18. The minimum atomic E-state index is 0.455. The van der Waals surface area contributed by atoms with Crippen molar-refractivity contribution in [2.24, 2.45) is 22.6 Å². The molecule has 1 aliphatic heterocycles. The summed E-state index contributed by atoms with van der Waals surface area (Å²) in [6.07, 6.45) is 4.84. The van der Waals surface area contributed by atoms with Crippen LogP contribution < -0.4 is 5.73 Å². The molecule has 0 bridgehead atoms. The van der Waals surface area contributed by atoms with Crippen LogP contribution in [-0.4, -0.2) is 23.4 Å². The van der Waals surface area contributed by atoms with Gasteiger partial charge in [0.05, 0.1) is 12.6 Å². The van der Waals surface area contributed by atoms with Crippen molar-refractivity contribution in [2.45, 2.75) is 39.3 Å². The molecule has 112 valence electrons. The number of aliphatic imine (C=N–C) groups is 1. The van der Waals surface area contributed by atoms with Gasteiger partial charge in [-0.3, -0.25) is 4.99 Å². The number of nitrogens with two attached hydrogens (primary N) is 1. The number of rotatable bonds is 3. The fourth-order valence-corrected chi connectivity index (χ4v) is 3.82. The normalized spacial score (nSPS) is 29.2. The third-order valence-corrected chi connectivity index (χ3v) is 4.70. The lowest BCUT2D eigenvalue weighted by molar-refractivity contribution is 0.213. The third kappa shape index (κ3) is 3.12. The van der Waals surface area contributed by atoms with Crippen LogP contribution >= 0.6 is 0 Å². The first-order chi connectivity index (χ1) is 10.1. The van der Waals surface area contributed by atoms with Crippen LogP contribution in [0.15, 0.2) is 47.0 Å². The number of hydrogen-bond acceptors (Lipinski definition) is 3. The zero-order valence-corrected chi connectivity index (χ0v) is 13.0. The van der Waals surface area contributed by atoms with Crippen LogP contribution in [0.1, 0.15) is 32.3 Å². The second-order valence-corrected chi connectivity index (χ2v) is 6.57. The fourth-order valence-electron chi connectivity index (χ4n) is 3.82. The van der Waals surface area contributed by atoms with Gasteiger partial charge in [-0.2, -0.15) is 0 Å². The van der Waals surface area contributed by atoms with Crippen molar-refractivity contribution in [2.75, 3.05) is 6.54 Å². The molecule has 0 saturated carbocycles. The molecule has 1 aliphatic carbocycles. The fraction of sp³-hybridized carbons (Fsp3) is 0.500. The molecule has 0 radical (unpaired) electrons. The van der Waals surface area contributed by atoms with Gasteiger partial charge in [-0.05, 0) is 37.2 Å². The van der Waals surface area contributed by atoms with Gasteiger partial charge in [-0.15, -0.1) is 0 Å². The van der Waals surface area contributed by atoms with E-state index in [9.17, 15) is 0 Å². The van der Waals surface area contributed by atoms with Gasteiger partial charge in [0.25, 0.3) is 0 Å². The molecular weight excluding hydrogens is 258 g/mol. The van der Waals surface area contributed by atoms with Gasteiger partial charge in [0.2, 0.25) is 0 Å². The van der Waals surface area contributed by atoms with E-state index in [0.29, 0.717) is 23.8 Å². The van der Waals surface area contributed by atoms with Gasteiger partial charge in [-0.25, -0.2) is 0 Å². The first-order valence-corrected chi connectivity index (χ1v) is 7.91. The van der Waals surface area contributed by atoms with Gasteiger partial charge in [0.15, 0.2) is 5.96 Å². The van der Waals surface area contributed by atoms with E-state index in [0.717, 1.165) is 13.1 Å². The van der Waals surface area contributed by atoms with E-state index in [4.69, 9.17) is 5.73 Å². The smallest absolute Gasteiger partial charge is 0.191 e. The summed E-state index contributed by atoms with van der Waals surface area (Å²) >= 11 is 0. The molecule has 3 heteroatoms. The zero-order chi connectivity index (χ0) is 14.8. The van der Waals surface area contributed by atoms with Crippen LogP contribution in [0.2, 0.25) is 0 Å². The Bertz CT molecular complexity index is 547. The lowest BCUT2D eigenvalue weighted by Gasteiger charge is -2.36.